The van der Waals surface area contributed by atoms with Crippen molar-refractivity contribution in [3.05, 3.63) is 17.7 Å². The number of benzene rings is 1. The maximum atomic E-state index is 13.8. The number of nitrogens with zero attached hydrogens (tertiary/aromatic N) is 2. The lowest BCUT2D eigenvalue weighted by atomic mass is 10.00. The zero-order valence-corrected chi connectivity index (χ0v) is 22.9. The van der Waals surface area contributed by atoms with Gasteiger partial charge in [-0.25, -0.2) is 9.69 Å². The Labute approximate surface area is 229 Å². The molecule has 2 fully saturated rings. The molecule has 1 unspecified atom stereocenters. The van der Waals surface area contributed by atoms with Gasteiger partial charge in [-0.3, -0.25) is 9.59 Å². The third-order valence-corrected chi connectivity index (χ3v) is 7.39. The van der Waals surface area contributed by atoms with Crippen LogP contribution in [0.4, 0.5) is 10.5 Å². The molecule has 1 aromatic carbocycles. The van der Waals surface area contributed by atoms with Crippen LogP contribution < -0.4 is 14.4 Å². The first-order valence-electron chi connectivity index (χ1n) is 14.0. The highest BCUT2D eigenvalue weighted by atomic mass is 16.7. The monoisotopic (exact) mass is 548 g/mol. The number of amides is 2. The normalized spacial score (nSPS) is 22.9. The summed E-state index contributed by atoms with van der Waals surface area (Å²) in [4.78, 5) is 41.0. The van der Waals surface area contributed by atoms with Crippen molar-refractivity contribution in [2.24, 2.45) is 0 Å². The van der Waals surface area contributed by atoms with Gasteiger partial charge in [0.05, 0.1) is 37.6 Å². The van der Waals surface area contributed by atoms with Gasteiger partial charge >= 0.3 is 12.1 Å². The summed E-state index contributed by atoms with van der Waals surface area (Å²) in [6.45, 7) is 3.57. The molecule has 0 aliphatic carbocycles. The van der Waals surface area contributed by atoms with Crippen molar-refractivity contribution >= 4 is 23.7 Å². The van der Waals surface area contributed by atoms with Gasteiger partial charge in [0.15, 0.2) is 24.0 Å². The Morgan fingerprint density at radius 3 is 2.62 bits per heavy atom. The summed E-state index contributed by atoms with van der Waals surface area (Å²) in [5, 5.41) is 10.4. The van der Waals surface area contributed by atoms with E-state index in [1.807, 2.05) is 0 Å². The number of carbonyl (C=O) groups is 3. The van der Waals surface area contributed by atoms with Gasteiger partial charge < -0.3 is 33.7 Å². The van der Waals surface area contributed by atoms with Crippen molar-refractivity contribution in [1.82, 2.24) is 4.90 Å². The minimum atomic E-state index is -1.22. The number of ether oxygens (including phenoxy) is 5. The summed E-state index contributed by atoms with van der Waals surface area (Å²) in [7, 11) is 1.49. The number of carboxylic acid groups (broad SMARTS) is 1. The molecule has 39 heavy (non-hydrogen) atoms. The Hall–Kier alpha value is -3.05. The molecule has 11 nitrogen and oxygen atoms in total. The van der Waals surface area contributed by atoms with Crippen LogP contribution in [0, 0.1) is 0 Å². The number of hydrogen-bond donors (Lipinski definition) is 1. The summed E-state index contributed by atoms with van der Waals surface area (Å²) in [5.41, 5.74) is 0.444. The number of rotatable bonds is 11. The van der Waals surface area contributed by atoms with Crippen molar-refractivity contribution in [3.63, 3.8) is 0 Å². The highest BCUT2D eigenvalue weighted by molar-refractivity contribution is 6.05. The van der Waals surface area contributed by atoms with Gasteiger partial charge in [-0.05, 0) is 70.8 Å². The second-order valence-electron chi connectivity index (χ2n) is 10.0. The van der Waals surface area contributed by atoms with E-state index in [1.54, 1.807) is 24.0 Å². The van der Waals surface area contributed by atoms with Crippen molar-refractivity contribution in [2.45, 2.75) is 89.7 Å². The second-order valence-corrected chi connectivity index (χ2v) is 10.0. The molecular weight excluding hydrogens is 508 g/mol. The summed E-state index contributed by atoms with van der Waals surface area (Å²) in [5.74, 6) is 0.229. The molecule has 3 aliphatic heterocycles. The number of carbonyl (C=O) groups excluding carboxylic acids is 2. The second kappa shape index (κ2) is 13.8. The predicted molar refractivity (Wildman–Crippen MR) is 141 cm³/mol. The molecule has 11 heteroatoms. The first-order chi connectivity index (χ1) is 18.9. The Balaban J connectivity index is 1.59. The van der Waals surface area contributed by atoms with Crippen molar-refractivity contribution in [2.75, 3.05) is 38.4 Å². The molecule has 1 aromatic rings. The largest absolute Gasteiger partial charge is 0.493 e. The van der Waals surface area contributed by atoms with E-state index in [2.05, 4.69) is 0 Å². The number of methoxy groups -OCH3 is 1. The summed E-state index contributed by atoms with van der Waals surface area (Å²) >= 11 is 0. The fourth-order valence-corrected chi connectivity index (χ4v) is 5.46. The molecule has 2 saturated heterocycles. The number of anilines is 1. The van der Waals surface area contributed by atoms with Crippen LogP contribution in [-0.4, -0.2) is 80.0 Å². The minimum Gasteiger partial charge on any atom is -0.493 e. The lowest BCUT2D eigenvalue weighted by Crippen LogP contribution is -2.57. The quantitative estimate of drug-likeness (QED) is 0.313. The molecule has 1 N–H and O–H groups in total. The van der Waals surface area contributed by atoms with Crippen molar-refractivity contribution in [3.8, 4) is 11.5 Å². The molecule has 4 rings (SSSR count). The Morgan fingerprint density at radius 2 is 1.90 bits per heavy atom. The van der Waals surface area contributed by atoms with Crippen LogP contribution in [0.15, 0.2) is 12.1 Å². The zero-order chi connectivity index (χ0) is 27.8. The lowest BCUT2D eigenvalue weighted by molar-refractivity contribution is -0.198. The van der Waals surface area contributed by atoms with E-state index in [4.69, 9.17) is 23.7 Å². The molecule has 3 heterocycles. The van der Waals surface area contributed by atoms with Crippen LogP contribution in [0.5, 0.6) is 11.5 Å². The van der Waals surface area contributed by atoms with Crippen molar-refractivity contribution in [1.29, 1.82) is 0 Å². The highest BCUT2D eigenvalue weighted by Crippen LogP contribution is 2.42. The Bertz CT molecular complexity index is 1010. The lowest BCUT2D eigenvalue weighted by Gasteiger charge is -2.42. The van der Waals surface area contributed by atoms with Gasteiger partial charge in [0.2, 0.25) is 0 Å². The highest BCUT2D eigenvalue weighted by Gasteiger charge is 2.46. The number of piperidine rings is 1. The van der Waals surface area contributed by atoms with E-state index in [-0.39, 0.29) is 23.1 Å². The third-order valence-electron chi connectivity index (χ3n) is 7.39. The average Bonchev–Trinajstić information content (AvgIpc) is 3.03. The van der Waals surface area contributed by atoms with E-state index in [0.29, 0.717) is 70.0 Å². The molecule has 0 saturated carbocycles. The van der Waals surface area contributed by atoms with Crippen LogP contribution in [-0.2, 0) is 19.0 Å². The van der Waals surface area contributed by atoms with Gasteiger partial charge in [0.25, 0.3) is 5.91 Å². The van der Waals surface area contributed by atoms with Gasteiger partial charge in [-0.2, -0.15) is 0 Å². The first-order valence-corrected chi connectivity index (χ1v) is 14.0. The zero-order valence-electron chi connectivity index (χ0n) is 22.9. The smallest absolute Gasteiger partial charge is 0.414 e. The average molecular weight is 549 g/mol. The molecular formula is C28H40N2O9. The van der Waals surface area contributed by atoms with Gasteiger partial charge in [-0.15, -0.1) is 0 Å². The number of esters is 1. The number of unbranched alkanes of at least 4 members (excludes halogenated alkanes) is 2. The van der Waals surface area contributed by atoms with E-state index < -0.39 is 24.7 Å². The van der Waals surface area contributed by atoms with Gasteiger partial charge in [0.1, 0.15) is 0 Å². The summed E-state index contributed by atoms with van der Waals surface area (Å²) in [6, 6.07) is 2.69. The van der Waals surface area contributed by atoms with Crippen LogP contribution in [0.1, 0.15) is 81.5 Å². The molecule has 0 spiro atoms. The summed E-state index contributed by atoms with van der Waals surface area (Å²) < 4.78 is 28.6. The topological polar surface area (TPSA) is 124 Å². The molecule has 3 aliphatic rings. The van der Waals surface area contributed by atoms with Crippen LogP contribution in [0.2, 0.25) is 0 Å². The fraction of sp³-hybridized carbons (Fsp3) is 0.679. The van der Waals surface area contributed by atoms with Crippen LogP contribution in [0.3, 0.4) is 0 Å². The van der Waals surface area contributed by atoms with Crippen molar-refractivity contribution < 1.29 is 43.2 Å². The van der Waals surface area contributed by atoms with Gasteiger partial charge in [-0.1, -0.05) is 0 Å². The molecule has 3 atom stereocenters. The number of fused-ring (bicyclic) bond motifs is 2. The fourth-order valence-electron chi connectivity index (χ4n) is 5.46. The van der Waals surface area contributed by atoms with E-state index in [1.165, 1.54) is 7.11 Å². The van der Waals surface area contributed by atoms with E-state index in [0.717, 1.165) is 37.0 Å². The van der Waals surface area contributed by atoms with Crippen LogP contribution >= 0.6 is 0 Å². The molecule has 216 valence electrons. The standard InChI is InChI=1S/C28H40N2O9/c1-3-36-24(31)12-5-4-9-15-37-23-18-21-19(17-22(23)35-2)26(32)29-14-8-6-11-20(29)27(30(21)28(33)34)39-25-13-7-10-16-38-25/h17-18,20,25,27H,3-16H2,1-2H3,(H,33,34)/t20-,25?,27-/m0/s1. The summed E-state index contributed by atoms with van der Waals surface area (Å²) in [6.07, 6.45) is 4.71. The molecule has 2 amide bonds. The SMILES string of the molecule is CCOC(=O)CCCCCOc1cc2c(cc1OC)C(=O)N1CCCC[C@H]1[C@H](OC1CCCCO1)N2C(=O)O. The van der Waals surface area contributed by atoms with Gasteiger partial charge in [0, 0.05) is 25.6 Å². The van der Waals surface area contributed by atoms with Crippen LogP contribution in [0.25, 0.3) is 0 Å². The molecule has 0 bridgehead atoms. The minimum absolute atomic E-state index is 0.209. The molecule has 0 radical (unpaired) electrons. The maximum absolute atomic E-state index is 13.8. The first kappa shape index (κ1) is 28.9. The predicted octanol–water partition coefficient (Wildman–Crippen LogP) is 4.56. The van der Waals surface area contributed by atoms with E-state index >= 15 is 0 Å². The Morgan fingerprint density at radius 1 is 1.08 bits per heavy atom. The maximum Gasteiger partial charge on any atom is 0.414 e. The number of hydrogen-bond acceptors (Lipinski definition) is 8. The third kappa shape index (κ3) is 6.94. The molecule has 0 aromatic heterocycles. The Kier molecular flexibility index (Phi) is 10.3. The van der Waals surface area contributed by atoms with E-state index in [9.17, 15) is 19.5 Å².